The molecule has 0 saturated carbocycles. The molecule has 24 heavy (non-hydrogen) atoms. The van der Waals surface area contributed by atoms with Crippen LogP contribution in [0.3, 0.4) is 0 Å². The third-order valence-electron chi connectivity index (χ3n) is 4.65. The van der Waals surface area contributed by atoms with E-state index in [1.165, 1.54) is 29.2 Å². The number of aromatic nitrogens is 1. The first-order valence-electron chi connectivity index (χ1n) is 8.16. The number of sulfone groups is 1. The van der Waals surface area contributed by atoms with Crippen molar-refractivity contribution in [3.63, 3.8) is 0 Å². The van der Waals surface area contributed by atoms with Crippen LogP contribution in [0.15, 0.2) is 12.7 Å². The van der Waals surface area contributed by atoms with Crippen molar-refractivity contribution in [3.8, 4) is 0 Å². The van der Waals surface area contributed by atoms with Crippen LogP contribution < -0.4 is 5.32 Å². The van der Waals surface area contributed by atoms with E-state index in [-0.39, 0.29) is 11.2 Å². The lowest BCUT2D eigenvalue weighted by atomic mass is 9.73. The van der Waals surface area contributed by atoms with E-state index in [4.69, 9.17) is 0 Å². The number of nitrogens with zero attached hydrogens (tertiary/aromatic N) is 1. The summed E-state index contributed by atoms with van der Waals surface area (Å²) in [5, 5.41) is 2.06. The smallest absolute Gasteiger partial charge is 0.244 e. The molecule has 0 saturated heterocycles. The van der Waals surface area contributed by atoms with Crippen molar-refractivity contribution in [1.29, 1.82) is 0 Å². The summed E-state index contributed by atoms with van der Waals surface area (Å²) in [7, 11) is -3.51. The molecule has 1 aliphatic rings. The van der Waals surface area contributed by atoms with Crippen molar-refractivity contribution < 1.29 is 13.2 Å². The minimum Gasteiger partial charge on any atom is -0.301 e. The van der Waals surface area contributed by atoms with Gasteiger partial charge in [0.05, 0.1) is 11.4 Å². The quantitative estimate of drug-likeness (QED) is 0.808. The van der Waals surface area contributed by atoms with E-state index in [1.54, 1.807) is 0 Å². The van der Waals surface area contributed by atoms with Crippen molar-refractivity contribution >= 4 is 32.2 Å². The van der Waals surface area contributed by atoms with Gasteiger partial charge >= 0.3 is 0 Å². The van der Waals surface area contributed by atoms with Crippen molar-refractivity contribution in [3.05, 3.63) is 23.2 Å². The highest BCUT2D eigenvalue weighted by Crippen LogP contribution is 2.40. The number of rotatable bonds is 5. The minimum atomic E-state index is -3.51. The molecular weight excluding hydrogens is 344 g/mol. The molecule has 0 aromatic carbocycles. The molecule has 1 amide bonds. The summed E-state index contributed by atoms with van der Waals surface area (Å²) in [6, 6.07) is 0. The predicted octanol–water partition coefficient (Wildman–Crippen LogP) is 3.22. The molecule has 2 unspecified atom stereocenters. The Morgan fingerprint density at radius 2 is 2.17 bits per heavy atom. The maximum Gasteiger partial charge on any atom is 0.244 e. The average Bonchev–Trinajstić information content (AvgIpc) is 2.86. The number of carbonyl (C=O) groups excluding carboxylic acids is 1. The largest absolute Gasteiger partial charge is 0.301 e. The van der Waals surface area contributed by atoms with Crippen molar-refractivity contribution in [2.75, 3.05) is 11.1 Å². The Labute approximate surface area is 148 Å². The molecule has 5 nitrogen and oxygen atoms in total. The topological polar surface area (TPSA) is 76.1 Å². The summed E-state index contributed by atoms with van der Waals surface area (Å²) in [5.74, 6) is -0.139. The molecule has 7 heteroatoms. The Kier molecular flexibility index (Phi) is 5.54. The number of nitrogens with one attached hydrogen (secondary N) is 1. The van der Waals surface area contributed by atoms with Crippen LogP contribution in [-0.2, 0) is 27.5 Å². The maximum absolute atomic E-state index is 12.2. The summed E-state index contributed by atoms with van der Waals surface area (Å²) in [5.41, 5.74) is 1.29. The third kappa shape index (κ3) is 4.25. The Morgan fingerprint density at radius 1 is 1.50 bits per heavy atom. The molecule has 1 aromatic rings. The van der Waals surface area contributed by atoms with E-state index in [0.29, 0.717) is 11.0 Å². The second-order valence-electron chi connectivity index (χ2n) is 7.44. The zero-order valence-corrected chi connectivity index (χ0v) is 16.4. The van der Waals surface area contributed by atoms with Gasteiger partial charge in [-0.1, -0.05) is 26.8 Å². The van der Waals surface area contributed by atoms with E-state index in [1.807, 2.05) is 0 Å². The molecule has 0 radical (unpaired) electrons. The summed E-state index contributed by atoms with van der Waals surface area (Å²) < 4.78 is 23.9. The molecule has 0 spiro atoms. The van der Waals surface area contributed by atoms with Crippen LogP contribution >= 0.6 is 11.3 Å². The number of aryl methyl sites for hydroxylation is 1. The number of thiazole rings is 1. The molecule has 2 rings (SSSR count). The summed E-state index contributed by atoms with van der Waals surface area (Å²) in [6.07, 6.45) is 4.27. The molecule has 1 heterocycles. The van der Waals surface area contributed by atoms with Gasteiger partial charge in [-0.25, -0.2) is 13.4 Å². The highest BCUT2D eigenvalue weighted by Gasteiger charge is 2.32. The fraction of sp³-hybridized carbons (Fsp3) is 0.647. The van der Waals surface area contributed by atoms with Crippen molar-refractivity contribution in [1.82, 2.24) is 4.98 Å². The highest BCUT2D eigenvalue weighted by atomic mass is 32.2. The molecule has 1 aliphatic carbocycles. The number of hydrogen-bond acceptors (Lipinski definition) is 5. The molecule has 1 aromatic heterocycles. The summed E-state index contributed by atoms with van der Waals surface area (Å²) in [6.45, 7) is 11.6. The van der Waals surface area contributed by atoms with Gasteiger partial charge in [-0.2, -0.15) is 0 Å². The third-order valence-corrected chi connectivity index (χ3v) is 7.68. The number of amides is 1. The van der Waals surface area contributed by atoms with E-state index < -0.39 is 21.0 Å². The standard InChI is InChI=1S/C17H26N2O3S2/c1-6-9-24(21,22)11(2)15(20)19-16-18-13-8-7-12(17(3,4)5)10-14(13)23-16/h6,11-12H,1,7-10H2,2-5H3,(H,18,19,20). The van der Waals surface area contributed by atoms with Crippen LogP contribution in [-0.4, -0.2) is 30.3 Å². The molecule has 1 N–H and O–H groups in total. The van der Waals surface area contributed by atoms with Gasteiger partial charge in [0, 0.05) is 4.88 Å². The van der Waals surface area contributed by atoms with Crippen LogP contribution in [0.2, 0.25) is 0 Å². The van der Waals surface area contributed by atoms with Gasteiger partial charge in [-0.05, 0) is 37.5 Å². The monoisotopic (exact) mass is 370 g/mol. The van der Waals surface area contributed by atoms with Crippen molar-refractivity contribution in [2.45, 2.75) is 52.2 Å². The lowest BCUT2D eigenvalue weighted by molar-refractivity contribution is -0.115. The Hall–Kier alpha value is -1.21. The first-order chi connectivity index (χ1) is 11.0. The van der Waals surface area contributed by atoms with Gasteiger partial charge in [0.25, 0.3) is 0 Å². The number of fused-ring (bicyclic) bond motifs is 1. The fourth-order valence-electron chi connectivity index (χ4n) is 2.85. The van der Waals surface area contributed by atoms with Crippen LogP contribution in [0.4, 0.5) is 5.13 Å². The van der Waals surface area contributed by atoms with Crippen LogP contribution in [0, 0.1) is 11.3 Å². The van der Waals surface area contributed by atoms with Gasteiger partial charge in [0.15, 0.2) is 15.0 Å². The summed E-state index contributed by atoms with van der Waals surface area (Å²) in [4.78, 5) is 17.9. The van der Waals surface area contributed by atoms with Gasteiger partial charge in [0.1, 0.15) is 5.25 Å². The second-order valence-corrected chi connectivity index (χ2v) is 10.9. The van der Waals surface area contributed by atoms with Gasteiger partial charge in [-0.15, -0.1) is 17.9 Å². The first kappa shape index (κ1) is 19.1. The van der Waals surface area contributed by atoms with Crippen LogP contribution in [0.5, 0.6) is 0 Å². The Morgan fingerprint density at radius 3 is 2.75 bits per heavy atom. The highest BCUT2D eigenvalue weighted by molar-refractivity contribution is 7.92. The normalized spacial score (nSPS) is 19.4. The molecule has 2 atom stereocenters. The molecule has 0 aliphatic heterocycles. The second kappa shape index (κ2) is 6.96. The lowest BCUT2D eigenvalue weighted by Gasteiger charge is -2.33. The first-order valence-corrected chi connectivity index (χ1v) is 10.7. The SMILES string of the molecule is C=CCS(=O)(=O)C(C)C(=O)Nc1nc2c(s1)CC(C(C)(C)C)CC2. The van der Waals surface area contributed by atoms with E-state index in [2.05, 4.69) is 37.7 Å². The molecule has 0 fully saturated rings. The molecule has 134 valence electrons. The van der Waals surface area contributed by atoms with E-state index in [0.717, 1.165) is 25.0 Å². The van der Waals surface area contributed by atoms with Gasteiger partial charge < -0.3 is 5.32 Å². The summed E-state index contributed by atoms with van der Waals surface area (Å²) >= 11 is 1.47. The average molecular weight is 371 g/mol. The maximum atomic E-state index is 12.2. The zero-order chi connectivity index (χ0) is 18.1. The van der Waals surface area contributed by atoms with Crippen LogP contribution in [0.1, 0.15) is 44.7 Å². The predicted molar refractivity (Wildman–Crippen MR) is 99.2 cm³/mol. The van der Waals surface area contributed by atoms with E-state index in [9.17, 15) is 13.2 Å². The lowest BCUT2D eigenvalue weighted by Crippen LogP contribution is -2.33. The Bertz CT molecular complexity index is 730. The molecule has 0 bridgehead atoms. The van der Waals surface area contributed by atoms with Crippen molar-refractivity contribution in [2.24, 2.45) is 11.3 Å². The number of carbonyl (C=O) groups is 1. The van der Waals surface area contributed by atoms with Crippen LogP contribution in [0.25, 0.3) is 0 Å². The number of anilines is 1. The molecular formula is C17H26N2O3S2. The van der Waals surface area contributed by atoms with Gasteiger partial charge in [0.2, 0.25) is 5.91 Å². The van der Waals surface area contributed by atoms with E-state index >= 15 is 0 Å². The zero-order valence-electron chi connectivity index (χ0n) is 14.8. The number of hydrogen-bond donors (Lipinski definition) is 1. The minimum absolute atomic E-state index is 0.205. The Balaban J connectivity index is 2.09. The fourth-order valence-corrected chi connectivity index (χ4v) is 4.94. The van der Waals surface area contributed by atoms with Gasteiger partial charge in [-0.3, -0.25) is 4.79 Å².